The van der Waals surface area contributed by atoms with Gasteiger partial charge >= 0.3 is 0 Å². The van der Waals surface area contributed by atoms with Crippen molar-refractivity contribution in [3.05, 3.63) is 112 Å². The van der Waals surface area contributed by atoms with Gasteiger partial charge in [0.2, 0.25) is 5.91 Å². The van der Waals surface area contributed by atoms with Crippen molar-refractivity contribution in [2.75, 3.05) is 0 Å². The van der Waals surface area contributed by atoms with Gasteiger partial charge in [0.1, 0.15) is 23.2 Å². The Bertz CT molecular complexity index is 1440. The standard InChI is InChI=1S/C27H23N3O3/c31-25(16-8-15-24-28-21-13-6-5-12-20(21)27(32)29-24)30-26(18-9-2-1-3-10-18)23-17-19-11-4-7-14-22(19)33-23/h1-7,9-14,17,26H,8,15-16H2,(H,30,31)(H,28,29,32). The van der Waals surface area contributed by atoms with Crippen molar-refractivity contribution in [3.63, 3.8) is 0 Å². The summed E-state index contributed by atoms with van der Waals surface area (Å²) < 4.78 is 6.05. The molecule has 0 saturated heterocycles. The number of carbonyl (C=O) groups is 1. The van der Waals surface area contributed by atoms with E-state index >= 15 is 0 Å². The second kappa shape index (κ2) is 9.12. The molecule has 3 aromatic carbocycles. The monoisotopic (exact) mass is 437 g/mol. The molecule has 2 aromatic heterocycles. The van der Waals surface area contributed by atoms with Crippen LogP contribution in [0.3, 0.4) is 0 Å². The zero-order valence-electron chi connectivity index (χ0n) is 18.0. The molecule has 5 aromatic rings. The molecule has 6 nitrogen and oxygen atoms in total. The minimum atomic E-state index is -0.385. The van der Waals surface area contributed by atoms with Gasteiger partial charge in [0.15, 0.2) is 0 Å². The number of H-pyrrole nitrogens is 1. The Morgan fingerprint density at radius 3 is 2.58 bits per heavy atom. The zero-order valence-corrected chi connectivity index (χ0v) is 18.0. The van der Waals surface area contributed by atoms with Gasteiger partial charge < -0.3 is 14.7 Å². The molecule has 5 rings (SSSR count). The maximum Gasteiger partial charge on any atom is 0.258 e. The van der Waals surface area contributed by atoms with Gasteiger partial charge in [-0.05, 0) is 36.2 Å². The van der Waals surface area contributed by atoms with Crippen LogP contribution in [0.1, 0.15) is 36.0 Å². The smallest absolute Gasteiger partial charge is 0.258 e. The number of amides is 1. The third kappa shape index (κ3) is 4.55. The molecule has 1 atom stereocenters. The van der Waals surface area contributed by atoms with Crippen molar-refractivity contribution in [2.24, 2.45) is 0 Å². The fourth-order valence-electron chi connectivity index (χ4n) is 4.01. The molecule has 2 N–H and O–H groups in total. The summed E-state index contributed by atoms with van der Waals surface area (Å²) in [6.45, 7) is 0. The Labute approximate surface area is 190 Å². The number of nitrogens with one attached hydrogen (secondary N) is 2. The molecule has 1 unspecified atom stereocenters. The molecule has 0 bridgehead atoms. The molecular formula is C27H23N3O3. The normalized spacial score (nSPS) is 12.1. The first-order valence-electron chi connectivity index (χ1n) is 11.0. The Balaban J connectivity index is 1.29. The van der Waals surface area contributed by atoms with Crippen molar-refractivity contribution in [1.29, 1.82) is 0 Å². The van der Waals surface area contributed by atoms with Crippen LogP contribution in [0, 0.1) is 0 Å². The van der Waals surface area contributed by atoms with Crippen LogP contribution in [0.4, 0.5) is 0 Å². The Kier molecular flexibility index (Phi) is 5.72. The lowest BCUT2D eigenvalue weighted by molar-refractivity contribution is -0.121. The van der Waals surface area contributed by atoms with Crippen LogP contribution in [-0.4, -0.2) is 15.9 Å². The summed E-state index contributed by atoms with van der Waals surface area (Å²) in [4.78, 5) is 32.4. The van der Waals surface area contributed by atoms with Crippen LogP contribution >= 0.6 is 0 Å². The van der Waals surface area contributed by atoms with Crippen molar-refractivity contribution in [1.82, 2.24) is 15.3 Å². The molecule has 0 aliphatic carbocycles. The maximum absolute atomic E-state index is 12.8. The van der Waals surface area contributed by atoms with E-state index in [1.807, 2.05) is 78.9 Å². The fourth-order valence-corrected chi connectivity index (χ4v) is 4.01. The predicted octanol–water partition coefficient (Wildman–Crippen LogP) is 4.90. The molecule has 33 heavy (non-hydrogen) atoms. The number of aromatic nitrogens is 2. The second-order valence-electron chi connectivity index (χ2n) is 7.98. The lowest BCUT2D eigenvalue weighted by Gasteiger charge is -2.17. The molecular weight excluding hydrogens is 414 g/mol. The number of hydrogen-bond donors (Lipinski definition) is 2. The Morgan fingerprint density at radius 1 is 0.970 bits per heavy atom. The molecule has 2 heterocycles. The first-order chi connectivity index (χ1) is 16.2. The van der Waals surface area contributed by atoms with Crippen molar-refractivity contribution in [2.45, 2.75) is 25.3 Å². The third-order valence-electron chi connectivity index (χ3n) is 5.65. The highest BCUT2D eigenvalue weighted by molar-refractivity contribution is 5.80. The van der Waals surface area contributed by atoms with E-state index in [4.69, 9.17) is 4.42 Å². The van der Waals surface area contributed by atoms with Crippen molar-refractivity contribution < 1.29 is 9.21 Å². The Morgan fingerprint density at radius 2 is 1.73 bits per heavy atom. The van der Waals surface area contributed by atoms with Crippen LogP contribution in [0.25, 0.3) is 21.9 Å². The molecule has 0 aliphatic rings. The van der Waals surface area contributed by atoms with Crippen LogP contribution in [0.2, 0.25) is 0 Å². The number of furan rings is 1. The quantitative estimate of drug-likeness (QED) is 0.379. The van der Waals surface area contributed by atoms with E-state index in [1.165, 1.54) is 0 Å². The topological polar surface area (TPSA) is 88.0 Å². The maximum atomic E-state index is 12.8. The van der Waals surface area contributed by atoms with Crippen molar-refractivity contribution >= 4 is 27.8 Å². The summed E-state index contributed by atoms with van der Waals surface area (Å²) in [6.07, 6.45) is 1.38. The van der Waals surface area contributed by atoms with E-state index in [1.54, 1.807) is 6.07 Å². The number of nitrogens with zero attached hydrogens (tertiary/aromatic N) is 1. The van der Waals surface area contributed by atoms with E-state index in [0.29, 0.717) is 41.8 Å². The SMILES string of the molecule is O=C(CCCc1nc2ccccc2c(=O)[nH]1)NC(c1ccccc1)c1cc2ccccc2o1. The van der Waals surface area contributed by atoms with Gasteiger partial charge in [-0.1, -0.05) is 60.7 Å². The van der Waals surface area contributed by atoms with E-state index in [2.05, 4.69) is 15.3 Å². The van der Waals surface area contributed by atoms with Gasteiger partial charge in [-0.15, -0.1) is 0 Å². The highest BCUT2D eigenvalue weighted by atomic mass is 16.3. The average Bonchev–Trinajstić information content (AvgIpc) is 3.27. The zero-order chi connectivity index (χ0) is 22.6. The number of fused-ring (bicyclic) bond motifs is 2. The number of aryl methyl sites for hydroxylation is 1. The summed E-state index contributed by atoms with van der Waals surface area (Å²) in [5.74, 6) is 1.19. The van der Waals surface area contributed by atoms with Gasteiger partial charge in [0, 0.05) is 18.2 Å². The van der Waals surface area contributed by atoms with Gasteiger partial charge in [0.25, 0.3) is 5.56 Å². The number of hydrogen-bond acceptors (Lipinski definition) is 4. The first-order valence-corrected chi connectivity index (χ1v) is 11.0. The van der Waals surface area contributed by atoms with Crippen LogP contribution in [0.5, 0.6) is 0 Å². The fraction of sp³-hybridized carbons (Fsp3) is 0.148. The molecule has 6 heteroatoms. The lowest BCUT2D eigenvalue weighted by Crippen LogP contribution is -2.29. The number of para-hydroxylation sites is 2. The van der Waals surface area contributed by atoms with Crippen LogP contribution < -0.4 is 10.9 Å². The molecule has 164 valence electrons. The number of benzene rings is 3. The molecule has 0 radical (unpaired) electrons. The average molecular weight is 437 g/mol. The number of rotatable bonds is 7. The summed E-state index contributed by atoms with van der Waals surface area (Å²) in [5, 5.41) is 4.67. The number of aromatic amines is 1. The highest BCUT2D eigenvalue weighted by Crippen LogP contribution is 2.28. The van der Waals surface area contributed by atoms with E-state index in [0.717, 1.165) is 16.5 Å². The van der Waals surface area contributed by atoms with E-state index in [9.17, 15) is 9.59 Å². The second-order valence-corrected chi connectivity index (χ2v) is 7.98. The molecule has 0 spiro atoms. The van der Waals surface area contributed by atoms with Crippen LogP contribution in [0.15, 0.2) is 94.1 Å². The van der Waals surface area contributed by atoms with Gasteiger partial charge in [-0.2, -0.15) is 0 Å². The van der Waals surface area contributed by atoms with Crippen LogP contribution in [-0.2, 0) is 11.2 Å². The van der Waals surface area contributed by atoms with Gasteiger partial charge in [-0.3, -0.25) is 9.59 Å². The third-order valence-corrected chi connectivity index (χ3v) is 5.65. The molecule has 0 saturated carbocycles. The molecule has 0 fully saturated rings. The van der Waals surface area contributed by atoms with E-state index in [-0.39, 0.29) is 17.5 Å². The first kappa shape index (κ1) is 20.7. The van der Waals surface area contributed by atoms with Crippen molar-refractivity contribution in [3.8, 4) is 0 Å². The summed E-state index contributed by atoms with van der Waals surface area (Å²) in [6, 6.07) is 26.4. The number of carbonyl (C=O) groups excluding carboxylic acids is 1. The minimum absolute atomic E-state index is 0.0903. The largest absolute Gasteiger partial charge is 0.459 e. The summed E-state index contributed by atoms with van der Waals surface area (Å²) in [5.41, 5.74) is 2.24. The molecule has 1 amide bonds. The predicted molar refractivity (Wildman–Crippen MR) is 128 cm³/mol. The van der Waals surface area contributed by atoms with Gasteiger partial charge in [-0.25, -0.2) is 4.98 Å². The Hall–Kier alpha value is -4.19. The molecule has 0 aliphatic heterocycles. The van der Waals surface area contributed by atoms with Gasteiger partial charge in [0.05, 0.1) is 10.9 Å². The lowest BCUT2D eigenvalue weighted by atomic mass is 10.0. The minimum Gasteiger partial charge on any atom is -0.459 e. The summed E-state index contributed by atoms with van der Waals surface area (Å²) in [7, 11) is 0. The summed E-state index contributed by atoms with van der Waals surface area (Å²) >= 11 is 0. The van der Waals surface area contributed by atoms with E-state index < -0.39 is 0 Å². The highest BCUT2D eigenvalue weighted by Gasteiger charge is 2.20.